The van der Waals surface area contributed by atoms with Gasteiger partial charge in [-0.15, -0.1) is 35.7 Å². The van der Waals surface area contributed by atoms with Gasteiger partial charge in [-0.25, -0.2) is 0 Å². The Balaban J connectivity index is 0.00000533. The van der Waals surface area contributed by atoms with Crippen LogP contribution in [0.4, 0.5) is 0 Å². The molecule has 7 nitrogen and oxygen atoms in total. The van der Waals surface area contributed by atoms with Gasteiger partial charge in [0.15, 0.2) is 0 Å². The molecule has 2 N–H and O–H groups in total. The van der Waals surface area contributed by atoms with E-state index >= 15 is 0 Å². The summed E-state index contributed by atoms with van der Waals surface area (Å²) in [5.74, 6) is -1.93. The van der Waals surface area contributed by atoms with Gasteiger partial charge < -0.3 is 24.2 Å². The number of aliphatic hydroxyl groups is 2. The molecule has 15 heteroatoms. The van der Waals surface area contributed by atoms with E-state index in [0.29, 0.717) is 12.8 Å². The zero-order chi connectivity index (χ0) is 29.0. The van der Waals surface area contributed by atoms with Crippen LogP contribution in [0.2, 0.25) is 0 Å². The van der Waals surface area contributed by atoms with Gasteiger partial charge in [0.25, 0.3) is 0 Å². The number of carbonyl (C=O) groups is 2. The van der Waals surface area contributed by atoms with Gasteiger partial charge in [0.1, 0.15) is 17.5 Å². The van der Waals surface area contributed by atoms with Gasteiger partial charge in [0, 0.05) is 75.2 Å². The molecule has 1 saturated heterocycles. The number of rotatable bonds is 9. The van der Waals surface area contributed by atoms with Gasteiger partial charge in [0.2, 0.25) is 0 Å². The number of Topliss-reactive ketones (excluding diaryl/α,β-unsaturated/α-hetero) is 1. The molecule has 5 unspecified atom stereocenters. The predicted molar refractivity (Wildman–Crippen MR) is 172 cm³/mol. The van der Waals surface area contributed by atoms with Crippen LogP contribution in [0.1, 0.15) is 61.3 Å². The summed E-state index contributed by atoms with van der Waals surface area (Å²) in [6, 6.07) is 0. The molecule has 0 spiro atoms. The molecule has 1 heterocycles. The molecule has 1 radical (unpaired) electrons. The SMILES string of the molecule is CC(=O)O[C@H](C1C[C@H](O)C(C)=CC1(C)C)[C@@H]1[C@]2(O)CO[C@@H]2C[C@H](OP(P(P)P)P(P)P)[C@@]1(C)C(=O)C(C)C.[Ac]. The average molecular weight is 889 g/mol. The Morgan fingerprint density at radius 1 is 1.13 bits per heavy atom. The van der Waals surface area contributed by atoms with Crippen molar-refractivity contribution >= 4 is 69.0 Å². The molecule has 39 heavy (non-hydrogen) atoms. The van der Waals surface area contributed by atoms with E-state index in [1.807, 2.05) is 33.8 Å². The molecule has 0 bridgehead atoms. The van der Waals surface area contributed by atoms with E-state index in [1.54, 1.807) is 0 Å². The fraction of sp³-hybridized carbons (Fsp3) is 0.833. The number of hydrogen-bond donors (Lipinski definition) is 2. The molecular formula is C24H45AcO7P7. The second-order valence-corrected chi connectivity index (χ2v) is 35.7. The maximum atomic E-state index is 14.3. The Morgan fingerprint density at radius 3 is 2.13 bits per heavy atom. The predicted octanol–water partition coefficient (Wildman–Crippen LogP) is 6.39. The second-order valence-electron chi connectivity index (χ2n) is 12.1. The van der Waals surface area contributed by atoms with Crippen molar-refractivity contribution in [3.63, 3.8) is 0 Å². The van der Waals surface area contributed by atoms with Crippen LogP contribution in [0, 0.1) is 72.6 Å². The Labute approximate surface area is 282 Å². The van der Waals surface area contributed by atoms with E-state index < -0.39 is 74.2 Å². The summed E-state index contributed by atoms with van der Waals surface area (Å²) in [5, 5.41) is 23.1. The van der Waals surface area contributed by atoms with E-state index in [0.717, 1.165) is 5.57 Å². The zero-order valence-corrected chi connectivity index (χ0v) is 36.0. The molecular weight excluding hydrogens is 844 g/mol. The number of aliphatic hydroxyl groups excluding tert-OH is 1. The maximum Gasteiger partial charge on any atom is 0.302 e. The van der Waals surface area contributed by atoms with Crippen LogP contribution in [-0.2, 0) is 23.6 Å². The molecule has 0 aromatic carbocycles. The Morgan fingerprint density at radius 2 is 1.69 bits per heavy atom. The Bertz CT molecular complexity index is 944. The quantitative estimate of drug-likeness (QED) is 0.157. The van der Waals surface area contributed by atoms with Gasteiger partial charge >= 0.3 is 5.97 Å². The van der Waals surface area contributed by atoms with E-state index in [-0.39, 0.29) is 68.3 Å². The van der Waals surface area contributed by atoms with Crippen LogP contribution in [0.15, 0.2) is 11.6 Å². The summed E-state index contributed by atoms with van der Waals surface area (Å²) in [4.78, 5) is 26.9. The van der Waals surface area contributed by atoms with Gasteiger partial charge in [-0.1, -0.05) is 33.8 Å². The van der Waals surface area contributed by atoms with Crippen LogP contribution < -0.4 is 0 Å². The molecule has 2 aliphatic carbocycles. The molecule has 1 aliphatic heterocycles. The monoisotopic (exact) mass is 889 g/mol. The molecule has 0 aromatic rings. The van der Waals surface area contributed by atoms with Crippen LogP contribution >= 0.6 is 57.2 Å². The standard InChI is InChI=1S/C24H45O7P7.Ac/c1-12(2)21(27)23(7)17(31-36(37(32)33)38(34)35)9-18-24(28,11-29-18)20(23)19(30-14(4)25)15-8-16(26)13(3)10-22(15,5)6;/h10,12,15-20,26,28H,8-9,11,32-35H2,1-7H3;/t15?,16-,17-,18+,19+,20-,23+,24-;/m0./s1. The van der Waals surface area contributed by atoms with Crippen molar-refractivity contribution in [2.24, 2.45) is 28.6 Å². The summed E-state index contributed by atoms with van der Waals surface area (Å²) in [5.41, 5.74) is -2.09. The number of hydrogen-bond acceptors (Lipinski definition) is 7. The molecule has 12 atom stereocenters. The summed E-state index contributed by atoms with van der Waals surface area (Å²) in [7, 11) is 10.6. The van der Waals surface area contributed by atoms with E-state index in [1.165, 1.54) is 6.92 Å². The van der Waals surface area contributed by atoms with Crippen LogP contribution in [0.3, 0.4) is 0 Å². The van der Waals surface area contributed by atoms with Gasteiger partial charge in [-0.2, -0.15) is 0 Å². The fourth-order valence-electron chi connectivity index (χ4n) is 6.80. The smallest absolute Gasteiger partial charge is 0.302 e. The van der Waals surface area contributed by atoms with Crippen molar-refractivity contribution in [2.45, 2.75) is 91.3 Å². The summed E-state index contributed by atoms with van der Waals surface area (Å²) < 4.78 is 18.9. The first kappa shape index (κ1) is 38.4. The van der Waals surface area contributed by atoms with E-state index in [9.17, 15) is 19.8 Å². The Hall–Kier alpha value is 3.17. The van der Waals surface area contributed by atoms with Crippen molar-refractivity contribution in [1.82, 2.24) is 0 Å². The third-order valence-electron chi connectivity index (χ3n) is 8.61. The van der Waals surface area contributed by atoms with Gasteiger partial charge in [-0.3, -0.25) is 9.59 Å². The van der Waals surface area contributed by atoms with E-state index in [2.05, 4.69) is 49.6 Å². The van der Waals surface area contributed by atoms with Crippen molar-refractivity contribution < 1.29 is 77.9 Å². The maximum absolute atomic E-state index is 14.3. The number of ketones is 1. The Kier molecular flexibility index (Phi) is 14.5. The molecule has 3 rings (SSSR count). The van der Waals surface area contributed by atoms with Crippen molar-refractivity contribution in [3.8, 4) is 0 Å². The third-order valence-corrected chi connectivity index (χ3v) is 31.0. The first-order chi connectivity index (χ1) is 17.4. The van der Waals surface area contributed by atoms with Crippen molar-refractivity contribution in [3.05, 3.63) is 11.6 Å². The number of esters is 1. The first-order valence-electron chi connectivity index (χ1n) is 12.9. The fourth-order valence-corrected chi connectivity index (χ4v) is 39.7. The normalized spacial score (nSPS) is 36.6. The number of fused-ring (bicyclic) bond motifs is 1. The minimum absolute atomic E-state index is 0. The molecule has 3 aliphatic rings. The summed E-state index contributed by atoms with van der Waals surface area (Å²) in [6.07, 6.45) is 0.203. The van der Waals surface area contributed by atoms with E-state index in [4.69, 9.17) is 14.0 Å². The summed E-state index contributed by atoms with van der Waals surface area (Å²) >= 11 is 0. The zero-order valence-electron chi connectivity index (χ0n) is 23.9. The van der Waals surface area contributed by atoms with Crippen molar-refractivity contribution in [2.75, 3.05) is 6.61 Å². The van der Waals surface area contributed by atoms with Gasteiger partial charge in [0.05, 0.1) is 37.9 Å². The number of ether oxygens (including phenoxy) is 2. The molecule has 1 saturated carbocycles. The van der Waals surface area contributed by atoms with Crippen LogP contribution in [0.25, 0.3) is 0 Å². The largest absolute Gasteiger partial charge is 0.462 e. The molecule has 2 fully saturated rings. The average Bonchev–Trinajstić information content (AvgIpc) is 2.77. The minimum atomic E-state index is -1.36. The van der Waals surface area contributed by atoms with Crippen LogP contribution in [0.5, 0.6) is 0 Å². The third kappa shape index (κ3) is 7.77. The summed E-state index contributed by atoms with van der Waals surface area (Å²) in [6.45, 7) is 11.9. The van der Waals surface area contributed by atoms with Crippen LogP contribution in [-0.4, -0.2) is 58.6 Å². The van der Waals surface area contributed by atoms with Gasteiger partial charge in [-0.05, 0) is 45.2 Å². The number of carbonyl (C=O) groups excluding carboxylic acids is 2. The minimum Gasteiger partial charge on any atom is -0.462 e. The number of allylic oxidation sites excluding steroid dienone is 1. The molecule has 0 amide bonds. The first-order valence-corrected chi connectivity index (χ1v) is 24.7. The topological polar surface area (TPSA) is 102 Å². The molecule has 0 aromatic heterocycles. The van der Waals surface area contributed by atoms with Crippen molar-refractivity contribution in [1.29, 1.82) is 0 Å². The second kappa shape index (κ2) is 14.7. The molecule has 221 valence electrons.